The van der Waals surface area contributed by atoms with E-state index in [0.717, 1.165) is 25.3 Å². The molecule has 2 heterocycles. The van der Waals surface area contributed by atoms with Crippen LogP contribution in [0, 0.1) is 0 Å². The van der Waals surface area contributed by atoms with E-state index in [2.05, 4.69) is 17.0 Å². The van der Waals surface area contributed by atoms with Gasteiger partial charge in [-0.15, -0.1) is 0 Å². The van der Waals surface area contributed by atoms with E-state index in [1.54, 1.807) is 4.90 Å². The van der Waals surface area contributed by atoms with Gasteiger partial charge in [0.05, 0.1) is 19.3 Å². The minimum absolute atomic E-state index is 0.0808. The van der Waals surface area contributed by atoms with Gasteiger partial charge in [-0.2, -0.15) is 0 Å². The molecule has 2 fully saturated rings. The number of benzene rings is 2. The SMILES string of the molecule is O=C1OC(CN2CCOC(c3ccccc3)C2)CN1c1ccccc1. The molecule has 0 aliphatic carbocycles. The third kappa shape index (κ3) is 3.67. The second kappa shape index (κ2) is 7.25. The Balaban J connectivity index is 1.37. The summed E-state index contributed by atoms with van der Waals surface area (Å²) >= 11 is 0. The van der Waals surface area contributed by atoms with Gasteiger partial charge < -0.3 is 9.47 Å². The molecule has 4 rings (SSSR count). The lowest BCUT2D eigenvalue weighted by molar-refractivity contribution is -0.0395. The Kier molecular flexibility index (Phi) is 4.68. The molecule has 0 radical (unpaired) electrons. The van der Waals surface area contributed by atoms with Crippen molar-refractivity contribution >= 4 is 11.8 Å². The average molecular weight is 338 g/mol. The Bertz CT molecular complexity index is 707. The summed E-state index contributed by atoms with van der Waals surface area (Å²) in [4.78, 5) is 16.2. The number of para-hydroxylation sites is 1. The summed E-state index contributed by atoms with van der Waals surface area (Å²) in [5, 5.41) is 0. The maximum atomic E-state index is 12.2. The lowest BCUT2D eigenvalue weighted by Gasteiger charge is -2.34. The Morgan fingerprint density at radius 3 is 2.44 bits per heavy atom. The molecule has 0 spiro atoms. The number of ether oxygens (including phenoxy) is 2. The van der Waals surface area contributed by atoms with Gasteiger partial charge in [0.1, 0.15) is 6.10 Å². The highest BCUT2D eigenvalue weighted by molar-refractivity contribution is 5.89. The molecule has 2 aliphatic rings. The Morgan fingerprint density at radius 1 is 0.960 bits per heavy atom. The lowest BCUT2D eigenvalue weighted by atomic mass is 10.1. The maximum absolute atomic E-state index is 12.2. The van der Waals surface area contributed by atoms with E-state index in [1.165, 1.54) is 5.56 Å². The minimum Gasteiger partial charge on any atom is -0.443 e. The first-order valence-electron chi connectivity index (χ1n) is 8.72. The third-order valence-corrected chi connectivity index (χ3v) is 4.73. The van der Waals surface area contributed by atoms with Crippen molar-refractivity contribution < 1.29 is 14.3 Å². The summed E-state index contributed by atoms with van der Waals surface area (Å²) < 4.78 is 11.5. The molecular formula is C20H22N2O3. The van der Waals surface area contributed by atoms with Gasteiger partial charge in [0.2, 0.25) is 0 Å². The van der Waals surface area contributed by atoms with E-state index < -0.39 is 0 Å². The number of cyclic esters (lactones) is 1. The summed E-state index contributed by atoms with van der Waals surface area (Å²) in [5.41, 5.74) is 2.08. The van der Waals surface area contributed by atoms with Crippen LogP contribution in [-0.2, 0) is 9.47 Å². The fourth-order valence-electron chi connectivity index (χ4n) is 3.46. The van der Waals surface area contributed by atoms with E-state index in [1.807, 2.05) is 48.5 Å². The zero-order valence-corrected chi connectivity index (χ0v) is 14.1. The van der Waals surface area contributed by atoms with Crippen molar-refractivity contribution in [2.75, 3.05) is 37.7 Å². The highest BCUT2D eigenvalue weighted by atomic mass is 16.6. The summed E-state index contributed by atoms with van der Waals surface area (Å²) in [6.45, 7) is 3.72. The summed E-state index contributed by atoms with van der Waals surface area (Å²) in [7, 11) is 0. The van der Waals surface area contributed by atoms with Crippen LogP contribution in [0.4, 0.5) is 10.5 Å². The molecule has 1 amide bonds. The molecule has 2 aliphatic heterocycles. The van der Waals surface area contributed by atoms with Crippen LogP contribution < -0.4 is 4.90 Å². The van der Waals surface area contributed by atoms with Crippen LogP contribution in [-0.4, -0.2) is 49.9 Å². The second-order valence-corrected chi connectivity index (χ2v) is 6.48. The van der Waals surface area contributed by atoms with Crippen molar-refractivity contribution in [2.24, 2.45) is 0 Å². The molecule has 0 aromatic heterocycles. The average Bonchev–Trinajstić information content (AvgIpc) is 3.03. The van der Waals surface area contributed by atoms with Crippen LogP contribution in [0.15, 0.2) is 60.7 Å². The first-order chi connectivity index (χ1) is 12.3. The van der Waals surface area contributed by atoms with Gasteiger partial charge in [-0.3, -0.25) is 9.80 Å². The summed E-state index contributed by atoms with van der Waals surface area (Å²) in [6, 6.07) is 20.0. The standard InChI is InChI=1S/C20H22N2O3/c23-20-22(17-9-5-2-6-10-17)14-18(25-20)13-21-11-12-24-19(15-21)16-7-3-1-4-8-16/h1-10,18-19H,11-15H2. The number of amides is 1. The van der Waals surface area contributed by atoms with Gasteiger partial charge in [0.25, 0.3) is 0 Å². The highest BCUT2D eigenvalue weighted by Gasteiger charge is 2.34. The van der Waals surface area contributed by atoms with Crippen molar-refractivity contribution in [2.45, 2.75) is 12.2 Å². The predicted octanol–water partition coefficient (Wildman–Crippen LogP) is 3.09. The largest absolute Gasteiger partial charge is 0.443 e. The van der Waals surface area contributed by atoms with Crippen LogP contribution in [0.1, 0.15) is 11.7 Å². The van der Waals surface area contributed by atoms with Crippen LogP contribution in [0.3, 0.4) is 0 Å². The number of hydrogen-bond donors (Lipinski definition) is 0. The Morgan fingerprint density at radius 2 is 1.68 bits per heavy atom. The van der Waals surface area contributed by atoms with Crippen LogP contribution in [0.25, 0.3) is 0 Å². The number of hydrogen-bond acceptors (Lipinski definition) is 4. The smallest absolute Gasteiger partial charge is 0.414 e. The molecule has 0 saturated carbocycles. The molecular weight excluding hydrogens is 316 g/mol. The number of carbonyl (C=O) groups excluding carboxylic acids is 1. The molecule has 5 heteroatoms. The summed E-state index contributed by atoms with van der Waals surface area (Å²) in [6.07, 6.45) is -0.288. The molecule has 0 bridgehead atoms. The Labute approximate surface area is 147 Å². The monoisotopic (exact) mass is 338 g/mol. The van der Waals surface area contributed by atoms with Crippen molar-refractivity contribution in [3.63, 3.8) is 0 Å². The fraction of sp³-hybridized carbons (Fsp3) is 0.350. The molecule has 2 aromatic carbocycles. The fourth-order valence-corrected chi connectivity index (χ4v) is 3.46. The van der Waals surface area contributed by atoms with Gasteiger partial charge in [0.15, 0.2) is 0 Å². The quantitative estimate of drug-likeness (QED) is 0.859. The van der Waals surface area contributed by atoms with Crippen molar-refractivity contribution in [3.05, 3.63) is 66.2 Å². The topological polar surface area (TPSA) is 42.0 Å². The number of carbonyl (C=O) groups is 1. The van der Waals surface area contributed by atoms with Gasteiger partial charge in [-0.25, -0.2) is 4.79 Å². The van der Waals surface area contributed by atoms with E-state index >= 15 is 0 Å². The van der Waals surface area contributed by atoms with Crippen LogP contribution >= 0.6 is 0 Å². The van der Waals surface area contributed by atoms with E-state index in [4.69, 9.17) is 9.47 Å². The molecule has 5 nitrogen and oxygen atoms in total. The van der Waals surface area contributed by atoms with Crippen molar-refractivity contribution in [1.29, 1.82) is 0 Å². The van der Waals surface area contributed by atoms with E-state index in [9.17, 15) is 4.79 Å². The van der Waals surface area contributed by atoms with Gasteiger partial charge >= 0.3 is 6.09 Å². The normalized spacial score (nSPS) is 24.3. The Hall–Kier alpha value is -2.37. The zero-order valence-electron chi connectivity index (χ0n) is 14.1. The molecule has 2 atom stereocenters. The van der Waals surface area contributed by atoms with Gasteiger partial charge in [-0.05, 0) is 17.7 Å². The van der Waals surface area contributed by atoms with Crippen molar-refractivity contribution in [1.82, 2.24) is 4.90 Å². The molecule has 25 heavy (non-hydrogen) atoms. The molecule has 0 N–H and O–H groups in total. The number of morpholine rings is 1. The maximum Gasteiger partial charge on any atom is 0.414 e. The van der Waals surface area contributed by atoms with Crippen LogP contribution in [0.2, 0.25) is 0 Å². The third-order valence-electron chi connectivity index (χ3n) is 4.73. The second-order valence-electron chi connectivity index (χ2n) is 6.48. The van der Waals surface area contributed by atoms with Gasteiger partial charge in [0, 0.05) is 25.3 Å². The molecule has 2 aromatic rings. The first kappa shape index (κ1) is 16.1. The zero-order chi connectivity index (χ0) is 17.1. The van der Waals surface area contributed by atoms with Crippen molar-refractivity contribution in [3.8, 4) is 0 Å². The number of anilines is 1. The minimum atomic E-state index is -0.260. The first-order valence-corrected chi connectivity index (χ1v) is 8.72. The molecule has 2 saturated heterocycles. The highest BCUT2D eigenvalue weighted by Crippen LogP contribution is 2.25. The van der Waals surface area contributed by atoms with Gasteiger partial charge in [-0.1, -0.05) is 48.5 Å². The summed E-state index contributed by atoms with van der Waals surface area (Å²) in [5.74, 6) is 0. The lowest BCUT2D eigenvalue weighted by Crippen LogP contribution is -2.43. The number of nitrogens with zero attached hydrogens (tertiary/aromatic N) is 2. The molecule has 2 unspecified atom stereocenters. The van der Waals surface area contributed by atoms with E-state index in [0.29, 0.717) is 13.2 Å². The van der Waals surface area contributed by atoms with Crippen LogP contribution in [0.5, 0.6) is 0 Å². The molecule has 130 valence electrons. The number of rotatable bonds is 4. The predicted molar refractivity (Wildman–Crippen MR) is 95.6 cm³/mol. The van der Waals surface area contributed by atoms with E-state index in [-0.39, 0.29) is 18.3 Å².